The van der Waals surface area contributed by atoms with Crippen molar-refractivity contribution in [3.63, 3.8) is 0 Å². The number of carbonyl (C=O) groups excluding carboxylic acids is 1. The fraction of sp³-hybridized carbons (Fsp3) is 0.833. The molecule has 0 heterocycles. The molecule has 0 bridgehead atoms. The van der Waals surface area contributed by atoms with Crippen molar-refractivity contribution < 1.29 is 9.53 Å². The first-order chi connectivity index (χ1) is 9.77. The van der Waals surface area contributed by atoms with E-state index < -0.39 is 0 Å². The van der Waals surface area contributed by atoms with Crippen molar-refractivity contribution in [3.05, 3.63) is 12.2 Å². The second-order valence-electron chi connectivity index (χ2n) is 5.57. The van der Waals surface area contributed by atoms with Crippen LogP contribution in [0.25, 0.3) is 0 Å². The quantitative estimate of drug-likeness (QED) is 0.228. The van der Waals surface area contributed by atoms with Gasteiger partial charge in [0.05, 0.1) is 6.61 Å². The summed E-state index contributed by atoms with van der Waals surface area (Å²) in [7, 11) is 0. The second kappa shape index (κ2) is 16.3. The van der Waals surface area contributed by atoms with Crippen LogP contribution in [0.1, 0.15) is 90.9 Å². The summed E-state index contributed by atoms with van der Waals surface area (Å²) >= 11 is 0. The van der Waals surface area contributed by atoms with E-state index in [1.54, 1.807) is 0 Å². The number of rotatable bonds is 14. The van der Waals surface area contributed by atoms with Crippen LogP contribution >= 0.6 is 0 Å². The van der Waals surface area contributed by atoms with Crippen molar-refractivity contribution in [2.75, 3.05) is 6.61 Å². The Balaban J connectivity index is 3.06. The molecule has 118 valence electrons. The molecule has 2 heteroatoms. The Morgan fingerprint density at radius 2 is 1.30 bits per heavy atom. The van der Waals surface area contributed by atoms with Gasteiger partial charge in [-0.2, -0.15) is 0 Å². The molecule has 0 unspecified atom stereocenters. The molecule has 0 N–H and O–H groups in total. The SMILES string of the molecule is CCCCCCCCCCC/C=C\CCCOC(C)=O. The molecule has 20 heavy (non-hydrogen) atoms. The minimum atomic E-state index is -0.177. The predicted molar refractivity (Wildman–Crippen MR) is 86.9 cm³/mol. The first-order valence-electron chi connectivity index (χ1n) is 8.55. The molecular formula is C18H34O2. The Bertz CT molecular complexity index is 234. The second-order valence-corrected chi connectivity index (χ2v) is 5.57. The number of carbonyl (C=O) groups is 1. The fourth-order valence-corrected chi connectivity index (χ4v) is 2.23. The summed E-state index contributed by atoms with van der Waals surface area (Å²) in [6, 6.07) is 0. The van der Waals surface area contributed by atoms with Crippen LogP contribution in [0.15, 0.2) is 12.2 Å². The van der Waals surface area contributed by atoms with E-state index in [2.05, 4.69) is 19.1 Å². The number of hydrogen-bond acceptors (Lipinski definition) is 2. The number of esters is 1. The topological polar surface area (TPSA) is 26.3 Å². The zero-order chi connectivity index (χ0) is 14.9. The fourth-order valence-electron chi connectivity index (χ4n) is 2.23. The van der Waals surface area contributed by atoms with Gasteiger partial charge in [0.1, 0.15) is 0 Å². The number of hydrogen-bond donors (Lipinski definition) is 0. The van der Waals surface area contributed by atoms with Gasteiger partial charge in [0.2, 0.25) is 0 Å². The number of unbranched alkanes of at least 4 members (excludes halogenated alkanes) is 10. The maximum absolute atomic E-state index is 10.5. The molecule has 0 saturated heterocycles. The molecule has 0 aliphatic heterocycles. The summed E-state index contributed by atoms with van der Waals surface area (Å²) in [5, 5.41) is 0. The highest BCUT2D eigenvalue weighted by Gasteiger charge is 1.92. The summed E-state index contributed by atoms with van der Waals surface area (Å²) in [4.78, 5) is 10.5. The van der Waals surface area contributed by atoms with Crippen molar-refractivity contribution in [2.24, 2.45) is 0 Å². The molecule has 0 atom stereocenters. The maximum atomic E-state index is 10.5. The van der Waals surface area contributed by atoms with E-state index in [1.807, 2.05) is 0 Å². The smallest absolute Gasteiger partial charge is 0.302 e. The monoisotopic (exact) mass is 282 g/mol. The minimum absolute atomic E-state index is 0.177. The van der Waals surface area contributed by atoms with E-state index in [-0.39, 0.29) is 5.97 Å². The summed E-state index contributed by atoms with van der Waals surface area (Å²) in [6.07, 6.45) is 20.2. The van der Waals surface area contributed by atoms with Gasteiger partial charge < -0.3 is 4.74 Å². The third-order valence-electron chi connectivity index (χ3n) is 3.46. The zero-order valence-corrected chi connectivity index (χ0v) is 13.7. The van der Waals surface area contributed by atoms with Crippen LogP contribution in [-0.4, -0.2) is 12.6 Å². The lowest BCUT2D eigenvalue weighted by Crippen LogP contribution is -1.99. The molecule has 0 aromatic rings. The van der Waals surface area contributed by atoms with Crippen molar-refractivity contribution >= 4 is 5.97 Å². The third kappa shape index (κ3) is 17.2. The van der Waals surface area contributed by atoms with E-state index >= 15 is 0 Å². The molecule has 0 radical (unpaired) electrons. The van der Waals surface area contributed by atoms with Gasteiger partial charge in [-0.3, -0.25) is 4.79 Å². The highest BCUT2D eigenvalue weighted by atomic mass is 16.5. The van der Waals surface area contributed by atoms with Crippen LogP contribution in [0.5, 0.6) is 0 Å². The molecule has 0 saturated carbocycles. The standard InChI is InChI=1S/C18H34O2/c1-3-4-5-6-7-8-9-10-11-12-13-14-15-16-17-20-18(2)19/h13-14H,3-12,15-17H2,1-2H3/b14-13-. The van der Waals surface area contributed by atoms with E-state index in [9.17, 15) is 4.79 Å². The summed E-state index contributed by atoms with van der Waals surface area (Å²) < 4.78 is 4.88. The van der Waals surface area contributed by atoms with Crippen molar-refractivity contribution in [1.82, 2.24) is 0 Å². The Labute approximate surface area is 126 Å². The highest BCUT2D eigenvalue weighted by molar-refractivity contribution is 5.65. The van der Waals surface area contributed by atoms with Gasteiger partial charge >= 0.3 is 5.97 Å². The van der Waals surface area contributed by atoms with E-state index in [0.29, 0.717) is 6.61 Å². The van der Waals surface area contributed by atoms with Crippen LogP contribution in [-0.2, 0) is 9.53 Å². The number of allylic oxidation sites excluding steroid dienone is 2. The first-order valence-corrected chi connectivity index (χ1v) is 8.55. The molecule has 0 aromatic heterocycles. The molecule has 0 aliphatic carbocycles. The van der Waals surface area contributed by atoms with Crippen molar-refractivity contribution in [1.29, 1.82) is 0 Å². The van der Waals surface area contributed by atoms with Crippen LogP contribution in [0.2, 0.25) is 0 Å². The predicted octanol–water partition coefficient (Wildman–Crippen LogP) is 5.81. The van der Waals surface area contributed by atoms with Gasteiger partial charge in [-0.15, -0.1) is 0 Å². The molecule has 2 nitrogen and oxygen atoms in total. The van der Waals surface area contributed by atoms with Gasteiger partial charge in [-0.1, -0.05) is 70.4 Å². The molecule has 0 aliphatic rings. The molecular weight excluding hydrogens is 248 g/mol. The zero-order valence-electron chi connectivity index (χ0n) is 13.7. The van der Waals surface area contributed by atoms with E-state index in [1.165, 1.54) is 71.1 Å². The lowest BCUT2D eigenvalue weighted by molar-refractivity contribution is -0.141. The molecule has 0 aromatic carbocycles. The summed E-state index contributed by atoms with van der Waals surface area (Å²) in [6.45, 7) is 4.28. The van der Waals surface area contributed by atoms with Crippen molar-refractivity contribution in [3.8, 4) is 0 Å². The summed E-state index contributed by atoms with van der Waals surface area (Å²) in [5.41, 5.74) is 0. The Morgan fingerprint density at radius 3 is 1.85 bits per heavy atom. The van der Waals surface area contributed by atoms with Crippen LogP contribution in [0.3, 0.4) is 0 Å². The van der Waals surface area contributed by atoms with Crippen molar-refractivity contribution in [2.45, 2.75) is 90.9 Å². The largest absolute Gasteiger partial charge is 0.466 e. The Morgan fingerprint density at radius 1 is 0.800 bits per heavy atom. The first kappa shape index (κ1) is 19.2. The van der Waals surface area contributed by atoms with Gasteiger partial charge in [-0.05, 0) is 25.7 Å². The van der Waals surface area contributed by atoms with E-state index in [4.69, 9.17) is 4.74 Å². The number of ether oxygens (including phenoxy) is 1. The van der Waals surface area contributed by atoms with Gasteiger partial charge in [0.25, 0.3) is 0 Å². The maximum Gasteiger partial charge on any atom is 0.302 e. The lowest BCUT2D eigenvalue weighted by Gasteiger charge is -2.00. The molecule has 0 rings (SSSR count). The summed E-state index contributed by atoms with van der Waals surface area (Å²) in [5.74, 6) is -0.177. The van der Waals surface area contributed by atoms with Crippen LogP contribution < -0.4 is 0 Å². The van der Waals surface area contributed by atoms with Gasteiger partial charge in [-0.25, -0.2) is 0 Å². The third-order valence-corrected chi connectivity index (χ3v) is 3.46. The molecule has 0 fully saturated rings. The lowest BCUT2D eigenvalue weighted by atomic mass is 10.1. The average molecular weight is 282 g/mol. The molecule has 0 amide bonds. The van der Waals surface area contributed by atoms with Gasteiger partial charge in [0, 0.05) is 6.92 Å². The minimum Gasteiger partial charge on any atom is -0.466 e. The highest BCUT2D eigenvalue weighted by Crippen LogP contribution is 2.10. The Hall–Kier alpha value is -0.790. The van der Waals surface area contributed by atoms with Crippen LogP contribution in [0.4, 0.5) is 0 Å². The van der Waals surface area contributed by atoms with Crippen LogP contribution in [0, 0.1) is 0 Å². The molecule has 0 spiro atoms. The average Bonchev–Trinajstić information content (AvgIpc) is 2.43. The normalized spacial score (nSPS) is 11.1. The van der Waals surface area contributed by atoms with Gasteiger partial charge in [0.15, 0.2) is 0 Å². The Kier molecular flexibility index (Phi) is 15.6. The van der Waals surface area contributed by atoms with E-state index in [0.717, 1.165) is 12.8 Å².